The Hall–Kier alpha value is -1.35. The third kappa shape index (κ3) is 3.21. The maximum absolute atomic E-state index is 12.2. The fraction of sp³-hybridized carbons (Fsp3) is 0.588. The van der Waals surface area contributed by atoms with Gasteiger partial charge in [0, 0.05) is 12.1 Å². The molecule has 1 aliphatic heterocycles. The van der Waals surface area contributed by atoms with E-state index in [9.17, 15) is 4.79 Å². The Bertz CT molecular complexity index is 440. The van der Waals surface area contributed by atoms with E-state index < -0.39 is 0 Å². The number of nitrogens with one attached hydrogen (secondary N) is 1. The second-order valence-corrected chi connectivity index (χ2v) is 6.09. The van der Waals surface area contributed by atoms with Crippen LogP contribution in [0.15, 0.2) is 30.3 Å². The van der Waals surface area contributed by atoms with E-state index in [2.05, 4.69) is 40.5 Å². The molecule has 1 heterocycles. The quantitative estimate of drug-likeness (QED) is 0.914. The molecule has 108 valence electrons. The number of carbonyl (C=O) groups excluding carboxylic acids is 1. The Kier molecular flexibility index (Phi) is 4.36. The number of hydrogen-bond donors (Lipinski definition) is 1. The van der Waals surface area contributed by atoms with E-state index in [4.69, 9.17) is 0 Å². The van der Waals surface area contributed by atoms with Gasteiger partial charge in [0.25, 0.3) is 0 Å². The predicted octanol–water partition coefficient (Wildman–Crippen LogP) is 2.88. The zero-order valence-corrected chi connectivity index (χ0v) is 12.1. The summed E-state index contributed by atoms with van der Waals surface area (Å²) < 4.78 is 0. The smallest absolute Gasteiger partial charge is 0.234 e. The summed E-state index contributed by atoms with van der Waals surface area (Å²) in [4.78, 5) is 14.5. The molecule has 1 aromatic rings. The molecule has 3 heteroatoms. The van der Waals surface area contributed by atoms with Crippen molar-refractivity contribution in [3.05, 3.63) is 35.9 Å². The molecule has 1 amide bonds. The van der Waals surface area contributed by atoms with Crippen LogP contribution < -0.4 is 5.32 Å². The van der Waals surface area contributed by atoms with Crippen LogP contribution >= 0.6 is 0 Å². The van der Waals surface area contributed by atoms with Gasteiger partial charge >= 0.3 is 0 Å². The Labute approximate surface area is 121 Å². The molecule has 1 aromatic carbocycles. The van der Waals surface area contributed by atoms with E-state index in [1.165, 1.54) is 31.2 Å². The molecule has 20 heavy (non-hydrogen) atoms. The third-order valence-electron chi connectivity index (χ3n) is 4.61. The number of rotatable bonds is 4. The fourth-order valence-corrected chi connectivity index (χ4v) is 3.60. The molecule has 3 nitrogen and oxygen atoms in total. The fourth-order valence-electron chi connectivity index (χ4n) is 3.60. The molecule has 0 bridgehead atoms. The van der Waals surface area contributed by atoms with Crippen molar-refractivity contribution in [3.63, 3.8) is 0 Å². The van der Waals surface area contributed by atoms with Crippen molar-refractivity contribution in [1.29, 1.82) is 0 Å². The molecule has 0 radical (unpaired) electrons. The molecular weight excluding hydrogens is 248 g/mol. The molecule has 1 aliphatic carbocycles. The van der Waals surface area contributed by atoms with Gasteiger partial charge in [-0.15, -0.1) is 0 Å². The minimum absolute atomic E-state index is 0.208. The van der Waals surface area contributed by atoms with Crippen LogP contribution in [0.2, 0.25) is 0 Å². The zero-order chi connectivity index (χ0) is 13.8. The van der Waals surface area contributed by atoms with Gasteiger partial charge in [-0.1, -0.05) is 43.2 Å². The Balaban J connectivity index is 1.57. The summed E-state index contributed by atoms with van der Waals surface area (Å²) in [6.07, 6.45) is 7.21. The van der Waals surface area contributed by atoms with Crippen molar-refractivity contribution in [2.75, 3.05) is 13.1 Å². The Morgan fingerprint density at radius 1 is 1.10 bits per heavy atom. The van der Waals surface area contributed by atoms with Gasteiger partial charge in [-0.25, -0.2) is 0 Å². The highest BCUT2D eigenvalue weighted by atomic mass is 16.2. The first-order chi connectivity index (χ1) is 9.83. The van der Waals surface area contributed by atoms with Gasteiger partial charge in [-0.05, 0) is 37.8 Å². The Morgan fingerprint density at radius 3 is 2.60 bits per heavy atom. The number of carbonyl (C=O) groups is 1. The van der Waals surface area contributed by atoms with Gasteiger partial charge in [-0.2, -0.15) is 0 Å². The number of hydrogen-bond acceptors (Lipinski definition) is 2. The summed E-state index contributed by atoms with van der Waals surface area (Å²) in [5.41, 5.74) is 1.35. The normalized spacial score (nSPS) is 24.1. The van der Waals surface area contributed by atoms with Crippen LogP contribution in [0.25, 0.3) is 0 Å². The first-order valence-corrected chi connectivity index (χ1v) is 7.91. The van der Waals surface area contributed by atoms with E-state index in [0.717, 1.165) is 19.4 Å². The van der Waals surface area contributed by atoms with Crippen molar-refractivity contribution >= 4 is 5.91 Å². The first kappa shape index (κ1) is 13.6. The summed E-state index contributed by atoms with van der Waals surface area (Å²) >= 11 is 0. The van der Waals surface area contributed by atoms with Crippen LogP contribution in [0.5, 0.6) is 0 Å². The summed E-state index contributed by atoms with van der Waals surface area (Å²) in [6, 6.07) is 11.4. The number of benzene rings is 1. The standard InChI is InChI=1S/C17H24N2O/c20-17(18-15-9-4-5-10-15)13-19-12-6-11-16(19)14-7-2-1-3-8-14/h1-3,7-8,15-16H,4-6,9-13H2,(H,18,20). The molecule has 1 unspecified atom stereocenters. The summed E-state index contributed by atoms with van der Waals surface area (Å²) in [7, 11) is 0. The van der Waals surface area contributed by atoms with Gasteiger partial charge in [0.2, 0.25) is 5.91 Å². The molecule has 0 aromatic heterocycles. The van der Waals surface area contributed by atoms with Crippen molar-refractivity contribution < 1.29 is 4.79 Å². The highest BCUT2D eigenvalue weighted by Crippen LogP contribution is 2.31. The van der Waals surface area contributed by atoms with E-state index in [1.54, 1.807) is 0 Å². The van der Waals surface area contributed by atoms with Crippen LogP contribution in [0.3, 0.4) is 0 Å². The highest BCUT2D eigenvalue weighted by molar-refractivity contribution is 5.78. The van der Waals surface area contributed by atoms with E-state index in [-0.39, 0.29) is 5.91 Å². The summed E-state index contributed by atoms with van der Waals surface area (Å²) in [5, 5.41) is 3.20. The lowest BCUT2D eigenvalue weighted by Gasteiger charge is -2.25. The molecule has 1 saturated heterocycles. The van der Waals surface area contributed by atoms with Gasteiger partial charge in [0.05, 0.1) is 6.54 Å². The lowest BCUT2D eigenvalue weighted by Crippen LogP contribution is -2.40. The maximum atomic E-state index is 12.2. The monoisotopic (exact) mass is 272 g/mol. The number of likely N-dealkylation sites (tertiary alicyclic amines) is 1. The number of amides is 1. The number of nitrogens with zero attached hydrogens (tertiary/aromatic N) is 1. The van der Waals surface area contributed by atoms with Gasteiger partial charge in [-0.3, -0.25) is 9.69 Å². The van der Waals surface area contributed by atoms with Crippen molar-refractivity contribution in [2.24, 2.45) is 0 Å². The largest absolute Gasteiger partial charge is 0.352 e. The highest BCUT2D eigenvalue weighted by Gasteiger charge is 2.28. The van der Waals surface area contributed by atoms with E-state index >= 15 is 0 Å². The van der Waals surface area contributed by atoms with Crippen LogP contribution in [-0.2, 0) is 4.79 Å². The topological polar surface area (TPSA) is 32.3 Å². The molecular formula is C17H24N2O. The van der Waals surface area contributed by atoms with Crippen LogP contribution in [0.4, 0.5) is 0 Å². The average molecular weight is 272 g/mol. The van der Waals surface area contributed by atoms with E-state index in [1.807, 2.05) is 0 Å². The van der Waals surface area contributed by atoms with Crippen molar-refractivity contribution in [2.45, 2.75) is 50.6 Å². The minimum Gasteiger partial charge on any atom is -0.352 e. The predicted molar refractivity (Wildman–Crippen MR) is 80.4 cm³/mol. The molecule has 1 N–H and O–H groups in total. The summed E-state index contributed by atoms with van der Waals surface area (Å²) in [6.45, 7) is 1.59. The lowest BCUT2D eigenvalue weighted by atomic mass is 10.0. The third-order valence-corrected chi connectivity index (χ3v) is 4.61. The van der Waals surface area contributed by atoms with Crippen LogP contribution in [0.1, 0.15) is 50.1 Å². The van der Waals surface area contributed by atoms with Gasteiger partial charge < -0.3 is 5.32 Å². The van der Waals surface area contributed by atoms with E-state index in [0.29, 0.717) is 18.6 Å². The van der Waals surface area contributed by atoms with Crippen molar-refractivity contribution in [3.8, 4) is 0 Å². The van der Waals surface area contributed by atoms with Crippen LogP contribution in [0, 0.1) is 0 Å². The molecule has 2 fully saturated rings. The molecule has 0 spiro atoms. The molecule has 2 aliphatic rings. The lowest BCUT2D eigenvalue weighted by molar-refractivity contribution is -0.123. The molecule has 1 saturated carbocycles. The second kappa shape index (κ2) is 6.40. The average Bonchev–Trinajstić information content (AvgIpc) is 3.11. The Morgan fingerprint density at radius 2 is 1.85 bits per heavy atom. The maximum Gasteiger partial charge on any atom is 0.234 e. The first-order valence-electron chi connectivity index (χ1n) is 7.91. The van der Waals surface area contributed by atoms with Gasteiger partial charge in [0.1, 0.15) is 0 Å². The SMILES string of the molecule is O=C(CN1CCCC1c1ccccc1)NC1CCCC1. The molecule has 3 rings (SSSR count). The van der Waals surface area contributed by atoms with Gasteiger partial charge in [0.15, 0.2) is 0 Å². The molecule has 1 atom stereocenters. The van der Waals surface area contributed by atoms with Crippen LogP contribution in [-0.4, -0.2) is 29.9 Å². The second-order valence-electron chi connectivity index (χ2n) is 6.09. The zero-order valence-electron chi connectivity index (χ0n) is 12.1. The van der Waals surface area contributed by atoms with Crippen molar-refractivity contribution in [1.82, 2.24) is 10.2 Å². The summed E-state index contributed by atoms with van der Waals surface area (Å²) in [5.74, 6) is 0.208. The minimum atomic E-state index is 0.208.